The smallest absolute Gasteiger partial charge is 0.365 e. The number of nitrogens with zero attached hydrogens (tertiary/aromatic N) is 1. The SMILES string of the molecule is COC(CNc1cc(C(F)(F)F)cc(Cl)n1)OC. The van der Waals surface area contributed by atoms with Gasteiger partial charge in [0, 0.05) is 14.2 Å². The predicted molar refractivity (Wildman–Crippen MR) is 60.5 cm³/mol. The van der Waals surface area contributed by atoms with Crippen molar-refractivity contribution in [2.75, 3.05) is 26.1 Å². The molecule has 0 aliphatic rings. The normalized spacial score (nSPS) is 11.9. The molecule has 18 heavy (non-hydrogen) atoms. The van der Waals surface area contributed by atoms with E-state index in [0.29, 0.717) is 0 Å². The van der Waals surface area contributed by atoms with E-state index in [0.717, 1.165) is 12.1 Å². The van der Waals surface area contributed by atoms with Crippen LogP contribution in [0.3, 0.4) is 0 Å². The maximum Gasteiger partial charge on any atom is 0.416 e. The van der Waals surface area contributed by atoms with Crippen LogP contribution in [0.25, 0.3) is 0 Å². The van der Waals surface area contributed by atoms with Gasteiger partial charge in [-0.15, -0.1) is 0 Å². The fourth-order valence-electron chi connectivity index (χ4n) is 1.20. The monoisotopic (exact) mass is 284 g/mol. The molecule has 0 saturated carbocycles. The van der Waals surface area contributed by atoms with Crippen LogP contribution < -0.4 is 5.32 Å². The maximum absolute atomic E-state index is 12.5. The molecule has 0 fully saturated rings. The second kappa shape index (κ2) is 6.21. The fraction of sp³-hybridized carbons (Fsp3) is 0.500. The number of methoxy groups -OCH3 is 2. The number of hydrogen-bond acceptors (Lipinski definition) is 4. The summed E-state index contributed by atoms with van der Waals surface area (Å²) in [5, 5.41) is 2.42. The van der Waals surface area contributed by atoms with E-state index < -0.39 is 18.0 Å². The zero-order valence-corrected chi connectivity index (χ0v) is 10.5. The van der Waals surface area contributed by atoms with Crippen molar-refractivity contribution in [3.05, 3.63) is 22.8 Å². The third-order valence-corrected chi connectivity index (χ3v) is 2.29. The lowest BCUT2D eigenvalue weighted by atomic mass is 10.2. The molecule has 0 amide bonds. The van der Waals surface area contributed by atoms with Crippen molar-refractivity contribution in [1.82, 2.24) is 4.98 Å². The standard InChI is InChI=1S/C10H12ClF3N2O2/c1-17-9(18-2)5-15-8-4-6(10(12,13)14)3-7(11)16-8/h3-4,9H,5H2,1-2H3,(H,15,16). The number of alkyl halides is 3. The quantitative estimate of drug-likeness (QED) is 0.667. The average Bonchev–Trinajstić information content (AvgIpc) is 2.28. The first kappa shape index (κ1) is 15.0. The summed E-state index contributed by atoms with van der Waals surface area (Å²) in [5.74, 6) is 0.00826. The third kappa shape index (κ3) is 4.32. The van der Waals surface area contributed by atoms with Gasteiger partial charge in [0.05, 0.1) is 12.1 Å². The number of anilines is 1. The summed E-state index contributed by atoms with van der Waals surface area (Å²) in [6.45, 7) is 0.150. The summed E-state index contributed by atoms with van der Waals surface area (Å²) in [5.41, 5.74) is -0.864. The Morgan fingerprint density at radius 2 is 1.94 bits per heavy atom. The average molecular weight is 285 g/mol. The number of hydrogen-bond donors (Lipinski definition) is 1. The van der Waals surface area contributed by atoms with Crippen molar-refractivity contribution < 1.29 is 22.6 Å². The van der Waals surface area contributed by atoms with Gasteiger partial charge < -0.3 is 14.8 Å². The van der Waals surface area contributed by atoms with Crippen LogP contribution in [-0.2, 0) is 15.7 Å². The molecule has 4 nitrogen and oxygen atoms in total. The van der Waals surface area contributed by atoms with Gasteiger partial charge in [0.2, 0.25) is 0 Å². The molecule has 0 saturated heterocycles. The van der Waals surface area contributed by atoms with E-state index >= 15 is 0 Å². The van der Waals surface area contributed by atoms with E-state index in [2.05, 4.69) is 10.3 Å². The number of rotatable bonds is 5. The van der Waals surface area contributed by atoms with Gasteiger partial charge >= 0.3 is 6.18 Å². The Morgan fingerprint density at radius 3 is 2.44 bits per heavy atom. The first-order valence-corrected chi connectivity index (χ1v) is 5.29. The largest absolute Gasteiger partial charge is 0.416 e. The van der Waals surface area contributed by atoms with Gasteiger partial charge in [-0.3, -0.25) is 0 Å². The topological polar surface area (TPSA) is 43.4 Å². The van der Waals surface area contributed by atoms with Crippen LogP contribution in [0.5, 0.6) is 0 Å². The Morgan fingerprint density at radius 1 is 1.33 bits per heavy atom. The Labute approximate surface area is 107 Å². The van der Waals surface area contributed by atoms with Crippen LogP contribution in [0.1, 0.15) is 5.56 Å². The molecule has 0 radical (unpaired) electrons. The number of ether oxygens (including phenoxy) is 2. The Kier molecular flexibility index (Phi) is 5.18. The highest BCUT2D eigenvalue weighted by molar-refractivity contribution is 6.29. The Balaban J connectivity index is 2.81. The molecule has 1 heterocycles. The van der Waals surface area contributed by atoms with Gasteiger partial charge in [-0.05, 0) is 12.1 Å². The highest BCUT2D eigenvalue weighted by Gasteiger charge is 2.31. The second-order valence-corrected chi connectivity index (χ2v) is 3.73. The molecule has 1 rings (SSSR count). The summed E-state index contributed by atoms with van der Waals surface area (Å²) in [6.07, 6.45) is -5.05. The van der Waals surface area contributed by atoms with Gasteiger partial charge in [-0.1, -0.05) is 11.6 Å². The van der Waals surface area contributed by atoms with Crippen molar-refractivity contribution >= 4 is 17.4 Å². The lowest BCUT2D eigenvalue weighted by molar-refractivity contribution is -0.137. The van der Waals surface area contributed by atoms with Crippen LogP contribution in [0.15, 0.2) is 12.1 Å². The molecule has 0 unspecified atom stereocenters. The highest BCUT2D eigenvalue weighted by Crippen LogP contribution is 2.31. The number of halogens is 4. The van der Waals surface area contributed by atoms with E-state index in [9.17, 15) is 13.2 Å². The zero-order chi connectivity index (χ0) is 13.8. The summed E-state index contributed by atoms with van der Waals surface area (Å²) < 4.78 is 47.3. The number of nitrogens with one attached hydrogen (secondary N) is 1. The Bertz CT molecular complexity index is 397. The van der Waals surface area contributed by atoms with Crippen molar-refractivity contribution in [2.45, 2.75) is 12.5 Å². The molecule has 1 N–H and O–H groups in total. The van der Waals surface area contributed by atoms with Crippen LogP contribution in [0.4, 0.5) is 19.0 Å². The van der Waals surface area contributed by atoms with E-state index in [1.54, 1.807) is 0 Å². The van der Waals surface area contributed by atoms with Crippen molar-refractivity contribution in [1.29, 1.82) is 0 Å². The molecular formula is C10H12ClF3N2O2. The number of pyridine rings is 1. The van der Waals surface area contributed by atoms with E-state index in [1.807, 2.05) is 0 Å². The molecule has 1 aromatic heterocycles. The molecule has 0 aliphatic heterocycles. The Hall–Kier alpha value is -1.05. The van der Waals surface area contributed by atoms with Gasteiger partial charge in [-0.25, -0.2) is 4.98 Å². The van der Waals surface area contributed by atoms with E-state index in [4.69, 9.17) is 21.1 Å². The van der Waals surface area contributed by atoms with Crippen LogP contribution in [0, 0.1) is 0 Å². The van der Waals surface area contributed by atoms with Gasteiger partial charge in [0.15, 0.2) is 6.29 Å². The van der Waals surface area contributed by atoms with E-state index in [1.165, 1.54) is 14.2 Å². The third-order valence-electron chi connectivity index (χ3n) is 2.10. The van der Waals surface area contributed by atoms with Crippen LogP contribution in [-0.4, -0.2) is 32.0 Å². The minimum Gasteiger partial charge on any atom is -0.365 e. The highest BCUT2D eigenvalue weighted by atomic mass is 35.5. The first-order valence-electron chi connectivity index (χ1n) is 4.91. The molecule has 0 aliphatic carbocycles. The van der Waals surface area contributed by atoms with Crippen molar-refractivity contribution in [2.24, 2.45) is 0 Å². The summed E-state index contributed by atoms with van der Waals surface area (Å²) in [6, 6.07) is 1.63. The fourth-order valence-corrected chi connectivity index (χ4v) is 1.41. The minimum atomic E-state index is -4.47. The van der Waals surface area contributed by atoms with Gasteiger partial charge in [0.25, 0.3) is 0 Å². The molecular weight excluding hydrogens is 273 g/mol. The summed E-state index contributed by atoms with van der Waals surface area (Å²) in [4.78, 5) is 3.73. The summed E-state index contributed by atoms with van der Waals surface area (Å²) in [7, 11) is 2.84. The summed E-state index contributed by atoms with van der Waals surface area (Å²) >= 11 is 5.53. The van der Waals surface area contributed by atoms with Crippen LogP contribution in [0.2, 0.25) is 5.15 Å². The molecule has 8 heteroatoms. The van der Waals surface area contributed by atoms with Gasteiger partial charge in [0.1, 0.15) is 11.0 Å². The first-order chi connectivity index (χ1) is 8.36. The van der Waals surface area contributed by atoms with Gasteiger partial charge in [-0.2, -0.15) is 13.2 Å². The van der Waals surface area contributed by atoms with E-state index in [-0.39, 0.29) is 17.5 Å². The second-order valence-electron chi connectivity index (χ2n) is 3.34. The van der Waals surface area contributed by atoms with Crippen molar-refractivity contribution in [3.8, 4) is 0 Å². The molecule has 0 atom stereocenters. The minimum absolute atomic E-state index is 0.00826. The lowest BCUT2D eigenvalue weighted by Crippen LogP contribution is -2.24. The van der Waals surface area contributed by atoms with Crippen LogP contribution >= 0.6 is 11.6 Å². The maximum atomic E-state index is 12.5. The zero-order valence-electron chi connectivity index (χ0n) is 9.71. The number of aromatic nitrogens is 1. The molecule has 0 aromatic carbocycles. The molecule has 0 bridgehead atoms. The lowest BCUT2D eigenvalue weighted by Gasteiger charge is -2.15. The molecule has 102 valence electrons. The predicted octanol–water partition coefficient (Wildman–Crippen LogP) is 2.78. The molecule has 0 spiro atoms. The molecule has 1 aromatic rings. The van der Waals surface area contributed by atoms with Crippen molar-refractivity contribution in [3.63, 3.8) is 0 Å².